The average molecular weight is 285 g/mol. The van der Waals surface area contributed by atoms with E-state index in [4.69, 9.17) is 0 Å². The van der Waals surface area contributed by atoms with Crippen molar-refractivity contribution in [2.75, 3.05) is 0 Å². The number of H-pyrrole nitrogens is 1. The van der Waals surface area contributed by atoms with Crippen LogP contribution in [0.2, 0.25) is 0 Å². The number of carbonyl (C=O) groups is 1. The Morgan fingerprint density at radius 2 is 1.68 bits per heavy atom. The van der Waals surface area contributed by atoms with Gasteiger partial charge in [0, 0.05) is 22.9 Å². The molecule has 1 aromatic heterocycles. The minimum atomic E-state index is 0.159. The average Bonchev–Trinajstić information content (AvgIpc) is 3.00. The summed E-state index contributed by atoms with van der Waals surface area (Å²) in [5, 5.41) is 1.13. The van der Waals surface area contributed by atoms with E-state index in [1.54, 1.807) is 0 Å². The second kappa shape index (κ2) is 5.15. The number of rotatable bonds is 2. The zero-order valence-electron chi connectivity index (χ0n) is 12.0. The minimum absolute atomic E-state index is 0.159. The summed E-state index contributed by atoms with van der Waals surface area (Å²) in [6.07, 6.45) is 4.45. The fraction of sp³-hybridized carbons (Fsp3) is 0.0500. The molecule has 0 unspecified atom stereocenters. The van der Waals surface area contributed by atoms with Crippen molar-refractivity contribution in [3.63, 3.8) is 0 Å². The highest BCUT2D eigenvalue weighted by atomic mass is 16.1. The Morgan fingerprint density at radius 1 is 0.909 bits per heavy atom. The van der Waals surface area contributed by atoms with Gasteiger partial charge in [0.1, 0.15) is 0 Å². The van der Waals surface area contributed by atoms with Crippen molar-refractivity contribution in [3.8, 4) is 0 Å². The molecular weight excluding hydrogens is 270 g/mol. The number of hydrogen-bond donors (Lipinski definition) is 1. The van der Waals surface area contributed by atoms with Crippen LogP contribution in [-0.2, 0) is 4.79 Å². The van der Waals surface area contributed by atoms with Crippen LogP contribution in [0, 0.1) is 0 Å². The largest absolute Gasteiger partial charge is 0.354 e. The topological polar surface area (TPSA) is 32.9 Å². The quantitative estimate of drug-likeness (QED) is 0.733. The molecule has 0 spiro atoms. The number of ketones is 1. The van der Waals surface area contributed by atoms with Crippen molar-refractivity contribution in [1.82, 2.24) is 4.98 Å². The maximum Gasteiger partial charge on any atom is 0.168 e. The van der Waals surface area contributed by atoms with Crippen molar-refractivity contribution in [1.29, 1.82) is 0 Å². The van der Waals surface area contributed by atoms with Crippen LogP contribution in [0.5, 0.6) is 0 Å². The van der Waals surface area contributed by atoms with E-state index in [2.05, 4.69) is 23.2 Å². The number of hydrogen-bond acceptors (Lipinski definition) is 1. The highest BCUT2D eigenvalue weighted by Gasteiger charge is 2.18. The van der Waals surface area contributed by atoms with Gasteiger partial charge in [-0.2, -0.15) is 0 Å². The number of para-hydroxylation sites is 1. The smallest absolute Gasteiger partial charge is 0.168 e. The molecule has 1 N–H and O–H groups in total. The van der Waals surface area contributed by atoms with Gasteiger partial charge in [-0.3, -0.25) is 4.79 Å². The van der Waals surface area contributed by atoms with E-state index < -0.39 is 0 Å². The first-order chi connectivity index (χ1) is 10.8. The Hall–Kier alpha value is -2.87. The van der Waals surface area contributed by atoms with E-state index in [0.717, 1.165) is 33.3 Å². The molecule has 106 valence electrons. The van der Waals surface area contributed by atoms with Crippen LogP contribution >= 0.6 is 0 Å². The predicted octanol–water partition coefficient (Wildman–Crippen LogP) is 4.61. The van der Waals surface area contributed by atoms with Crippen molar-refractivity contribution >= 4 is 27.8 Å². The van der Waals surface area contributed by atoms with Crippen LogP contribution in [0.15, 0.2) is 72.8 Å². The predicted molar refractivity (Wildman–Crippen MR) is 90.3 cm³/mol. The lowest BCUT2D eigenvalue weighted by molar-refractivity contribution is -0.113. The zero-order chi connectivity index (χ0) is 14.9. The van der Waals surface area contributed by atoms with E-state index in [0.29, 0.717) is 6.42 Å². The molecule has 1 heterocycles. The maximum absolute atomic E-state index is 12.3. The van der Waals surface area contributed by atoms with Gasteiger partial charge >= 0.3 is 0 Å². The van der Waals surface area contributed by atoms with Gasteiger partial charge in [-0.05, 0) is 29.3 Å². The molecule has 1 aliphatic rings. The van der Waals surface area contributed by atoms with E-state index in [1.165, 1.54) is 0 Å². The Bertz CT molecular complexity index is 880. The summed E-state index contributed by atoms with van der Waals surface area (Å²) in [5.74, 6) is 0.159. The number of allylic oxidation sites excluding steroid dienone is 4. The summed E-state index contributed by atoms with van der Waals surface area (Å²) < 4.78 is 0. The highest BCUT2D eigenvalue weighted by molar-refractivity contribution is 6.25. The third kappa shape index (κ3) is 2.19. The van der Waals surface area contributed by atoms with E-state index >= 15 is 0 Å². The number of aromatic nitrogens is 1. The molecule has 2 nitrogen and oxygen atoms in total. The van der Waals surface area contributed by atoms with Crippen LogP contribution < -0.4 is 0 Å². The van der Waals surface area contributed by atoms with Gasteiger partial charge in [-0.15, -0.1) is 0 Å². The van der Waals surface area contributed by atoms with E-state index in [9.17, 15) is 4.79 Å². The van der Waals surface area contributed by atoms with Crippen LogP contribution in [-0.4, -0.2) is 10.8 Å². The first-order valence-corrected chi connectivity index (χ1v) is 7.40. The SMILES string of the molecule is O=C1CC=C(c2ccccc2)C=C1c1cc2ccccc2[nH]1. The molecule has 2 aromatic carbocycles. The summed E-state index contributed by atoms with van der Waals surface area (Å²) in [6, 6.07) is 20.3. The molecule has 0 fully saturated rings. The first kappa shape index (κ1) is 12.8. The Kier molecular flexibility index (Phi) is 3.01. The van der Waals surface area contributed by atoms with Gasteiger partial charge < -0.3 is 4.98 Å². The molecular formula is C20H15NO. The number of nitrogens with one attached hydrogen (secondary N) is 1. The van der Waals surface area contributed by atoms with E-state index in [1.807, 2.05) is 54.6 Å². The van der Waals surface area contributed by atoms with Gasteiger partial charge in [-0.25, -0.2) is 0 Å². The molecule has 0 saturated heterocycles. The third-order valence-electron chi connectivity index (χ3n) is 4.03. The molecule has 3 aromatic rings. The van der Waals surface area contributed by atoms with Gasteiger partial charge in [0.2, 0.25) is 0 Å². The first-order valence-electron chi connectivity index (χ1n) is 7.40. The van der Waals surface area contributed by atoms with Crippen molar-refractivity contribution in [2.24, 2.45) is 0 Å². The van der Waals surface area contributed by atoms with Crippen LogP contribution in [0.4, 0.5) is 0 Å². The molecule has 0 aliphatic heterocycles. The van der Waals surface area contributed by atoms with Crippen LogP contribution in [0.1, 0.15) is 17.7 Å². The second-order valence-electron chi connectivity index (χ2n) is 5.48. The molecule has 0 saturated carbocycles. The molecule has 0 bridgehead atoms. The second-order valence-corrected chi connectivity index (χ2v) is 5.48. The summed E-state index contributed by atoms with van der Waals surface area (Å²) >= 11 is 0. The van der Waals surface area contributed by atoms with Crippen molar-refractivity contribution in [3.05, 3.63) is 84.1 Å². The van der Waals surface area contributed by atoms with Crippen LogP contribution in [0.3, 0.4) is 0 Å². The van der Waals surface area contributed by atoms with Crippen molar-refractivity contribution < 1.29 is 4.79 Å². The molecule has 0 radical (unpaired) electrons. The maximum atomic E-state index is 12.3. The lowest BCUT2D eigenvalue weighted by Gasteiger charge is -2.12. The van der Waals surface area contributed by atoms with Gasteiger partial charge in [0.25, 0.3) is 0 Å². The molecule has 4 rings (SSSR count). The standard InChI is InChI=1S/C20H15NO/c22-20-11-10-15(14-6-2-1-3-7-14)12-17(20)19-13-16-8-4-5-9-18(16)21-19/h1-10,12-13,21H,11H2. The fourth-order valence-corrected chi connectivity index (χ4v) is 2.89. The lowest BCUT2D eigenvalue weighted by atomic mass is 9.92. The van der Waals surface area contributed by atoms with Crippen molar-refractivity contribution in [2.45, 2.75) is 6.42 Å². The Morgan fingerprint density at radius 3 is 2.50 bits per heavy atom. The Balaban J connectivity index is 1.80. The summed E-state index contributed by atoms with van der Waals surface area (Å²) in [6.45, 7) is 0. The fourth-order valence-electron chi connectivity index (χ4n) is 2.89. The van der Waals surface area contributed by atoms with Gasteiger partial charge in [0.05, 0.1) is 5.69 Å². The van der Waals surface area contributed by atoms with Gasteiger partial charge in [0.15, 0.2) is 5.78 Å². The third-order valence-corrected chi connectivity index (χ3v) is 4.03. The zero-order valence-corrected chi connectivity index (χ0v) is 12.0. The molecule has 2 heteroatoms. The van der Waals surface area contributed by atoms with E-state index in [-0.39, 0.29) is 5.78 Å². The molecule has 22 heavy (non-hydrogen) atoms. The monoisotopic (exact) mass is 285 g/mol. The van der Waals surface area contributed by atoms with Crippen LogP contribution in [0.25, 0.3) is 22.0 Å². The number of carbonyl (C=O) groups excluding carboxylic acids is 1. The Labute approximate surface area is 128 Å². The summed E-state index contributed by atoms with van der Waals surface area (Å²) in [7, 11) is 0. The molecule has 1 aliphatic carbocycles. The number of aromatic amines is 1. The minimum Gasteiger partial charge on any atom is -0.354 e. The number of fused-ring (bicyclic) bond motifs is 1. The normalized spacial score (nSPS) is 14.8. The molecule has 0 atom stereocenters. The highest BCUT2D eigenvalue weighted by Crippen LogP contribution is 2.30. The lowest BCUT2D eigenvalue weighted by Crippen LogP contribution is -2.05. The number of Topliss-reactive ketones (excluding diaryl/α,β-unsaturated/α-hetero) is 1. The number of benzene rings is 2. The molecule has 0 amide bonds. The summed E-state index contributed by atoms with van der Waals surface area (Å²) in [5.41, 5.74) is 4.96. The summed E-state index contributed by atoms with van der Waals surface area (Å²) in [4.78, 5) is 15.7. The van der Waals surface area contributed by atoms with Gasteiger partial charge in [-0.1, -0.05) is 54.6 Å².